The maximum absolute atomic E-state index is 12.5. The first-order valence-electron chi connectivity index (χ1n) is 6.34. The highest BCUT2D eigenvalue weighted by Gasteiger charge is 2.24. The summed E-state index contributed by atoms with van der Waals surface area (Å²) in [6.07, 6.45) is 2.31. The minimum Gasteiger partial charge on any atom is -0.315 e. The quantitative estimate of drug-likeness (QED) is 0.843. The fourth-order valence-electron chi connectivity index (χ4n) is 2.42. The molecule has 7 heteroatoms. The molecule has 0 saturated carbocycles. The summed E-state index contributed by atoms with van der Waals surface area (Å²) in [7, 11) is -3.56. The van der Waals surface area contributed by atoms with Gasteiger partial charge in [-0.3, -0.25) is 0 Å². The van der Waals surface area contributed by atoms with Gasteiger partial charge in [0.2, 0.25) is 10.0 Å². The zero-order valence-electron chi connectivity index (χ0n) is 10.6. The summed E-state index contributed by atoms with van der Waals surface area (Å²) in [5.74, 6) is 0. The molecule has 1 aromatic heterocycles. The van der Waals surface area contributed by atoms with Crippen molar-refractivity contribution in [3.63, 3.8) is 0 Å². The Bertz CT molecular complexity index is 742. The largest absolute Gasteiger partial charge is 0.315 e. The molecule has 0 amide bonds. The first-order valence-corrected chi connectivity index (χ1v) is 8.20. The Balaban J connectivity index is 2.07. The van der Waals surface area contributed by atoms with Crippen molar-refractivity contribution in [2.45, 2.75) is 17.4 Å². The van der Waals surface area contributed by atoms with Crippen LogP contribution in [0.3, 0.4) is 0 Å². The second kappa shape index (κ2) is 5.29. The molecular weight excluding hydrogens is 298 g/mol. The van der Waals surface area contributed by atoms with E-state index in [1.165, 1.54) is 6.20 Å². The topological polar surface area (TPSA) is 71.1 Å². The summed E-state index contributed by atoms with van der Waals surface area (Å²) < 4.78 is 27.8. The number of pyridine rings is 1. The first-order chi connectivity index (χ1) is 9.58. The molecule has 2 N–H and O–H groups in total. The second-order valence-corrected chi connectivity index (χ2v) is 6.80. The Morgan fingerprint density at radius 3 is 2.90 bits per heavy atom. The molecule has 3 rings (SSSR count). The monoisotopic (exact) mass is 311 g/mol. The normalized spacial score (nSPS) is 19.6. The van der Waals surface area contributed by atoms with Crippen LogP contribution in [-0.2, 0) is 10.0 Å². The molecule has 1 atom stereocenters. The van der Waals surface area contributed by atoms with Gasteiger partial charge in [0.25, 0.3) is 0 Å². The van der Waals surface area contributed by atoms with Gasteiger partial charge in [0, 0.05) is 29.6 Å². The minimum absolute atomic E-state index is 0.0624. The van der Waals surface area contributed by atoms with E-state index in [1.807, 2.05) is 0 Å². The number of nitrogens with zero attached hydrogens (tertiary/aromatic N) is 1. The number of sulfonamides is 1. The Morgan fingerprint density at radius 2 is 2.15 bits per heavy atom. The van der Waals surface area contributed by atoms with E-state index in [1.54, 1.807) is 24.3 Å². The summed E-state index contributed by atoms with van der Waals surface area (Å²) in [5.41, 5.74) is 0. The molecule has 0 spiro atoms. The van der Waals surface area contributed by atoms with Gasteiger partial charge in [-0.1, -0.05) is 23.7 Å². The zero-order chi connectivity index (χ0) is 14.2. The van der Waals surface area contributed by atoms with Crippen molar-refractivity contribution in [3.8, 4) is 0 Å². The fraction of sp³-hybridized carbons (Fsp3) is 0.308. The molecule has 20 heavy (non-hydrogen) atoms. The SMILES string of the molecule is O=S(=O)(NC1CCNC1)c1cccc2c(Cl)nccc12. The maximum Gasteiger partial charge on any atom is 0.241 e. The predicted octanol–water partition coefficient (Wildman–Crippen LogP) is 1.53. The summed E-state index contributed by atoms with van der Waals surface area (Å²) in [6, 6.07) is 6.64. The maximum atomic E-state index is 12.5. The highest BCUT2D eigenvalue weighted by molar-refractivity contribution is 7.89. The number of hydrogen-bond donors (Lipinski definition) is 2. The molecule has 2 aromatic rings. The first kappa shape index (κ1) is 13.8. The molecule has 1 unspecified atom stereocenters. The van der Waals surface area contributed by atoms with Crippen LogP contribution >= 0.6 is 11.6 Å². The summed E-state index contributed by atoms with van der Waals surface area (Å²) in [4.78, 5) is 4.22. The van der Waals surface area contributed by atoms with Crippen LogP contribution in [0.4, 0.5) is 0 Å². The van der Waals surface area contributed by atoms with Gasteiger partial charge in [-0.25, -0.2) is 18.1 Å². The minimum atomic E-state index is -3.56. The third-order valence-corrected chi connectivity index (χ3v) is 5.27. The van der Waals surface area contributed by atoms with Gasteiger partial charge in [0.05, 0.1) is 4.90 Å². The van der Waals surface area contributed by atoms with Gasteiger partial charge in [0.1, 0.15) is 5.15 Å². The van der Waals surface area contributed by atoms with E-state index in [4.69, 9.17) is 11.6 Å². The van der Waals surface area contributed by atoms with E-state index >= 15 is 0 Å². The average molecular weight is 312 g/mol. The van der Waals surface area contributed by atoms with Gasteiger partial charge in [-0.05, 0) is 25.1 Å². The van der Waals surface area contributed by atoms with E-state index in [2.05, 4.69) is 15.0 Å². The van der Waals surface area contributed by atoms with Crippen molar-refractivity contribution in [1.82, 2.24) is 15.0 Å². The molecule has 5 nitrogen and oxygen atoms in total. The molecule has 1 fully saturated rings. The molecule has 0 radical (unpaired) electrons. The van der Waals surface area contributed by atoms with Crippen molar-refractivity contribution in [3.05, 3.63) is 35.6 Å². The van der Waals surface area contributed by atoms with Crippen LogP contribution in [0, 0.1) is 0 Å². The Hall–Kier alpha value is -1.21. The Morgan fingerprint density at radius 1 is 1.30 bits per heavy atom. The molecule has 1 aliphatic rings. The molecule has 1 saturated heterocycles. The summed E-state index contributed by atoms with van der Waals surface area (Å²) in [6.45, 7) is 1.49. The number of halogens is 1. The van der Waals surface area contributed by atoms with Gasteiger partial charge in [0.15, 0.2) is 0 Å². The Labute approximate surface area is 122 Å². The third-order valence-electron chi connectivity index (χ3n) is 3.39. The van der Waals surface area contributed by atoms with E-state index < -0.39 is 10.0 Å². The number of fused-ring (bicyclic) bond motifs is 1. The lowest BCUT2D eigenvalue weighted by Gasteiger charge is -2.13. The van der Waals surface area contributed by atoms with Crippen LogP contribution in [0.2, 0.25) is 5.15 Å². The molecule has 0 bridgehead atoms. The number of aromatic nitrogens is 1. The third kappa shape index (κ3) is 2.52. The van der Waals surface area contributed by atoms with Crippen LogP contribution in [0.1, 0.15) is 6.42 Å². The van der Waals surface area contributed by atoms with Crippen molar-refractivity contribution in [1.29, 1.82) is 0 Å². The smallest absolute Gasteiger partial charge is 0.241 e. The van der Waals surface area contributed by atoms with Crippen molar-refractivity contribution in [2.75, 3.05) is 13.1 Å². The number of hydrogen-bond acceptors (Lipinski definition) is 4. The number of nitrogens with one attached hydrogen (secondary N) is 2. The summed E-state index contributed by atoms with van der Waals surface area (Å²) >= 11 is 6.01. The van der Waals surface area contributed by atoms with E-state index in [0.717, 1.165) is 13.0 Å². The van der Waals surface area contributed by atoms with Crippen molar-refractivity contribution >= 4 is 32.4 Å². The van der Waals surface area contributed by atoms with Crippen molar-refractivity contribution < 1.29 is 8.42 Å². The van der Waals surface area contributed by atoms with E-state index in [-0.39, 0.29) is 10.9 Å². The molecule has 106 valence electrons. The number of rotatable bonds is 3. The fourth-order valence-corrected chi connectivity index (χ4v) is 4.13. The molecule has 0 aliphatic carbocycles. The average Bonchev–Trinajstić information content (AvgIpc) is 2.91. The van der Waals surface area contributed by atoms with Crippen molar-refractivity contribution in [2.24, 2.45) is 0 Å². The summed E-state index contributed by atoms with van der Waals surface area (Å²) in [5, 5.41) is 4.67. The lowest BCUT2D eigenvalue weighted by atomic mass is 10.2. The second-order valence-electron chi connectivity index (χ2n) is 4.76. The van der Waals surface area contributed by atoms with E-state index in [0.29, 0.717) is 22.5 Å². The molecular formula is C13H14ClN3O2S. The standard InChI is InChI=1S/C13H14ClN3O2S/c14-13-11-2-1-3-12(10(11)5-7-16-13)20(18,19)17-9-4-6-15-8-9/h1-3,5,7,9,15,17H,4,6,8H2. The van der Waals surface area contributed by atoms with Crippen LogP contribution in [0.15, 0.2) is 35.4 Å². The Kier molecular flexibility index (Phi) is 3.64. The zero-order valence-corrected chi connectivity index (χ0v) is 12.2. The lowest BCUT2D eigenvalue weighted by Crippen LogP contribution is -2.36. The van der Waals surface area contributed by atoms with Gasteiger partial charge in [-0.15, -0.1) is 0 Å². The molecule has 1 aliphatic heterocycles. The van der Waals surface area contributed by atoms with Crippen LogP contribution in [-0.4, -0.2) is 32.5 Å². The van der Waals surface area contributed by atoms with Crippen LogP contribution < -0.4 is 10.0 Å². The van der Waals surface area contributed by atoms with Gasteiger partial charge in [-0.2, -0.15) is 0 Å². The van der Waals surface area contributed by atoms with Crippen LogP contribution in [0.25, 0.3) is 10.8 Å². The number of benzene rings is 1. The molecule has 1 aromatic carbocycles. The highest BCUT2D eigenvalue weighted by Crippen LogP contribution is 2.27. The molecule has 2 heterocycles. The van der Waals surface area contributed by atoms with Gasteiger partial charge >= 0.3 is 0 Å². The van der Waals surface area contributed by atoms with Gasteiger partial charge < -0.3 is 5.32 Å². The highest BCUT2D eigenvalue weighted by atomic mass is 35.5. The predicted molar refractivity (Wildman–Crippen MR) is 78.3 cm³/mol. The van der Waals surface area contributed by atoms with E-state index in [9.17, 15) is 8.42 Å². The van der Waals surface area contributed by atoms with Crippen LogP contribution in [0.5, 0.6) is 0 Å². The lowest BCUT2D eigenvalue weighted by molar-refractivity contribution is 0.561.